The Morgan fingerprint density at radius 2 is 1.82 bits per heavy atom. The van der Waals surface area contributed by atoms with Crippen LogP contribution in [0.4, 0.5) is 5.69 Å². The van der Waals surface area contributed by atoms with E-state index in [1.54, 1.807) is 14.2 Å². The third-order valence-electron chi connectivity index (χ3n) is 8.89. The van der Waals surface area contributed by atoms with Gasteiger partial charge in [0.2, 0.25) is 5.91 Å². The van der Waals surface area contributed by atoms with Crippen LogP contribution in [0.1, 0.15) is 62.6 Å². The minimum absolute atomic E-state index is 0.0214. The number of fused-ring (bicyclic) bond motifs is 1. The Labute approximate surface area is 270 Å². The topological polar surface area (TPSA) is 81.7 Å². The number of hydrogen-bond donors (Lipinski definition) is 1. The van der Waals surface area contributed by atoms with Crippen LogP contribution in [0.15, 0.2) is 42.5 Å². The van der Waals surface area contributed by atoms with Crippen molar-refractivity contribution in [2.24, 2.45) is 5.92 Å². The molecule has 2 aromatic rings. The molecule has 2 heterocycles. The molecular weight excluding hydrogens is 570 g/mol. The number of hydrogen-bond acceptors (Lipinski definition) is 8. The molecule has 0 spiro atoms. The van der Waals surface area contributed by atoms with Crippen molar-refractivity contribution in [1.29, 1.82) is 0 Å². The largest absolute Gasteiger partial charge is 0.490 e. The van der Waals surface area contributed by atoms with E-state index in [4.69, 9.17) is 23.7 Å². The molecule has 1 fully saturated rings. The summed E-state index contributed by atoms with van der Waals surface area (Å²) in [6.07, 6.45) is 2.29. The van der Waals surface area contributed by atoms with E-state index in [1.165, 1.54) is 5.56 Å². The fourth-order valence-electron chi connectivity index (χ4n) is 6.38. The van der Waals surface area contributed by atoms with Crippen LogP contribution in [-0.4, -0.2) is 96.3 Å². The number of rotatable bonds is 18. The Morgan fingerprint density at radius 3 is 2.56 bits per heavy atom. The van der Waals surface area contributed by atoms with Gasteiger partial charge in [-0.2, -0.15) is 0 Å². The molecule has 0 aliphatic carbocycles. The van der Waals surface area contributed by atoms with Gasteiger partial charge in [0.25, 0.3) is 0 Å². The number of carbonyl (C=O) groups excluding carboxylic acids is 1. The molecule has 2 aliphatic heterocycles. The van der Waals surface area contributed by atoms with Crippen LogP contribution in [0, 0.1) is 5.92 Å². The van der Waals surface area contributed by atoms with Gasteiger partial charge in [-0.1, -0.05) is 37.3 Å². The quantitative estimate of drug-likeness (QED) is 0.232. The van der Waals surface area contributed by atoms with Gasteiger partial charge < -0.3 is 38.8 Å². The van der Waals surface area contributed by atoms with E-state index in [1.807, 2.05) is 18.7 Å². The summed E-state index contributed by atoms with van der Waals surface area (Å²) in [7, 11) is 3.47. The average molecular weight is 626 g/mol. The molecular formula is C36H55N3O6. The Balaban J connectivity index is 1.44. The molecule has 250 valence electrons. The molecule has 1 unspecified atom stereocenters. The highest BCUT2D eigenvalue weighted by atomic mass is 16.5. The van der Waals surface area contributed by atoms with Gasteiger partial charge in [0.15, 0.2) is 0 Å². The number of anilines is 1. The molecule has 1 N–H and O–H groups in total. The molecule has 9 nitrogen and oxygen atoms in total. The lowest BCUT2D eigenvalue weighted by Gasteiger charge is -2.38. The zero-order valence-corrected chi connectivity index (χ0v) is 28.1. The first-order valence-corrected chi connectivity index (χ1v) is 16.7. The molecule has 2 aliphatic rings. The summed E-state index contributed by atoms with van der Waals surface area (Å²) in [5, 5.41) is 3.64. The van der Waals surface area contributed by atoms with Crippen molar-refractivity contribution in [3.05, 3.63) is 59.2 Å². The molecule has 0 radical (unpaired) electrons. The Hall–Kier alpha value is -2.69. The maximum Gasteiger partial charge on any atom is 0.224 e. The molecule has 45 heavy (non-hydrogen) atoms. The predicted molar refractivity (Wildman–Crippen MR) is 178 cm³/mol. The number of benzene rings is 2. The third kappa shape index (κ3) is 10.4. The number of ether oxygens (including phenoxy) is 5. The zero-order chi connectivity index (χ0) is 32.0. The first-order valence-electron chi connectivity index (χ1n) is 16.7. The molecule has 1 amide bonds. The zero-order valence-electron chi connectivity index (χ0n) is 28.1. The summed E-state index contributed by atoms with van der Waals surface area (Å²) in [6, 6.07) is 15.2. The molecule has 2 aromatic carbocycles. The van der Waals surface area contributed by atoms with Crippen LogP contribution in [-0.2, 0) is 37.0 Å². The first kappa shape index (κ1) is 35.2. The SMILES string of the molecule is CCN(CC)C(=O)C[C@H]1C[C@H](c2ccc(COCC(C)COC)cc2)[C@@H](OCc2ccc3c(c2)N(CCCOC)CCO3)CN1. The smallest absolute Gasteiger partial charge is 0.224 e. The number of nitrogens with one attached hydrogen (secondary N) is 1. The summed E-state index contributed by atoms with van der Waals surface area (Å²) in [5.41, 5.74) is 4.64. The normalized spacial score (nSPS) is 20.4. The summed E-state index contributed by atoms with van der Waals surface area (Å²) in [4.78, 5) is 17.3. The molecule has 4 rings (SSSR count). The van der Waals surface area contributed by atoms with Gasteiger partial charge in [0.05, 0.1) is 44.8 Å². The van der Waals surface area contributed by atoms with Crippen LogP contribution in [0.3, 0.4) is 0 Å². The monoisotopic (exact) mass is 625 g/mol. The van der Waals surface area contributed by atoms with Gasteiger partial charge in [0, 0.05) is 71.3 Å². The van der Waals surface area contributed by atoms with E-state index in [0.717, 1.165) is 68.2 Å². The number of amides is 1. The van der Waals surface area contributed by atoms with Gasteiger partial charge >= 0.3 is 0 Å². The molecule has 0 aromatic heterocycles. The molecule has 4 atom stereocenters. The van der Waals surface area contributed by atoms with Gasteiger partial charge in [0.1, 0.15) is 12.4 Å². The predicted octanol–water partition coefficient (Wildman–Crippen LogP) is 5.01. The van der Waals surface area contributed by atoms with Crippen molar-refractivity contribution in [1.82, 2.24) is 10.2 Å². The fraction of sp³-hybridized carbons (Fsp3) is 0.639. The van der Waals surface area contributed by atoms with Gasteiger partial charge in [-0.25, -0.2) is 0 Å². The van der Waals surface area contributed by atoms with Crippen molar-refractivity contribution in [2.45, 2.75) is 71.3 Å². The van der Waals surface area contributed by atoms with Crippen molar-refractivity contribution in [3.63, 3.8) is 0 Å². The first-order chi connectivity index (χ1) is 21.9. The van der Waals surface area contributed by atoms with E-state index in [2.05, 4.69) is 59.6 Å². The second-order valence-electron chi connectivity index (χ2n) is 12.4. The minimum atomic E-state index is -0.0214. The molecule has 9 heteroatoms. The van der Waals surface area contributed by atoms with Crippen LogP contribution in [0.2, 0.25) is 0 Å². The Kier molecular flexibility index (Phi) is 14.4. The number of piperidine rings is 1. The summed E-state index contributed by atoms with van der Waals surface area (Å²) in [5.74, 6) is 1.66. The highest BCUT2D eigenvalue weighted by molar-refractivity contribution is 5.76. The fourth-order valence-corrected chi connectivity index (χ4v) is 6.38. The molecule has 1 saturated heterocycles. The van der Waals surface area contributed by atoms with Crippen LogP contribution in [0.25, 0.3) is 0 Å². The van der Waals surface area contributed by atoms with E-state index < -0.39 is 0 Å². The van der Waals surface area contributed by atoms with E-state index >= 15 is 0 Å². The number of methoxy groups -OCH3 is 2. The number of nitrogens with zero attached hydrogens (tertiary/aromatic N) is 2. The summed E-state index contributed by atoms with van der Waals surface area (Å²) >= 11 is 0. The van der Waals surface area contributed by atoms with E-state index in [0.29, 0.717) is 51.9 Å². The second-order valence-corrected chi connectivity index (χ2v) is 12.4. The number of carbonyl (C=O) groups is 1. The lowest BCUT2D eigenvalue weighted by atomic mass is 9.83. The standard InChI is InChI=1S/C36H55N3O6/c1-6-38(7-2)36(40)21-31-20-32(30-12-9-28(10-13-30)25-43-24-27(3)23-42-5)35(22-37-31)45-26-29-11-14-34-33(19-29)39(16-18-44-34)15-8-17-41-4/h9-14,19,27,31-32,35,37H,6-8,15-18,20-26H2,1-5H3/t27?,31-,32-,35+/m1/s1. The highest BCUT2D eigenvalue weighted by Crippen LogP contribution is 2.35. The van der Waals surface area contributed by atoms with Gasteiger partial charge in [-0.05, 0) is 55.5 Å². The van der Waals surface area contributed by atoms with Crippen molar-refractivity contribution in [3.8, 4) is 5.75 Å². The Morgan fingerprint density at radius 1 is 1.04 bits per heavy atom. The van der Waals surface area contributed by atoms with Crippen LogP contribution >= 0.6 is 0 Å². The summed E-state index contributed by atoms with van der Waals surface area (Å²) in [6.45, 7) is 14.1. The molecule has 0 saturated carbocycles. The van der Waals surface area contributed by atoms with Crippen LogP contribution < -0.4 is 15.0 Å². The second kappa shape index (κ2) is 18.5. The third-order valence-corrected chi connectivity index (χ3v) is 8.89. The lowest BCUT2D eigenvalue weighted by Crippen LogP contribution is -2.49. The maximum absolute atomic E-state index is 13.0. The lowest BCUT2D eigenvalue weighted by molar-refractivity contribution is -0.131. The highest BCUT2D eigenvalue weighted by Gasteiger charge is 2.33. The maximum atomic E-state index is 13.0. The van der Waals surface area contributed by atoms with Crippen molar-refractivity contribution < 1.29 is 28.5 Å². The van der Waals surface area contributed by atoms with Crippen LogP contribution in [0.5, 0.6) is 5.75 Å². The van der Waals surface area contributed by atoms with E-state index in [9.17, 15) is 4.79 Å². The minimum Gasteiger partial charge on any atom is -0.490 e. The Bertz CT molecular complexity index is 1160. The van der Waals surface area contributed by atoms with Crippen molar-refractivity contribution in [2.75, 3.05) is 78.3 Å². The van der Waals surface area contributed by atoms with Gasteiger partial charge in [-0.3, -0.25) is 4.79 Å². The molecule has 0 bridgehead atoms. The summed E-state index contributed by atoms with van der Waals surface area (Å²) < 4.78 is 29.0. The average Bonchev–Trinajstić information content (AvgIpc) is 3.05. The van der Waals surface area contributed by atoms with E-state index in [-0.39, 0.29) is 24.0 Å². The van der Waals surface area contributed by atoms with Gasteiger partial charge in [-0.15, -0.1) is 0 Å². The van der Waals surface area contributed by atoms with Crippen molar-refractivity contribution >= 4 is 11.6 Å².